The van der Waals surface area contributed by atoms with Crippen LogP contribution in [0.25, 0.3) is 5.69 Å². The highest BCUT2D eigenvalue weighted by molar-refractivity contribution is 5.95. The molecule has 1 aromatic carbocycles. The summed E-state index contributed by atoms with van der Waals surface area (Å²) >= 11 is 0. The van der Waals surface area contributed by atoms with Gasteiger partial charge in [0.25, 0.3) is 5.91 Å². The van der Waals surface area contributed by atoms with Crippen molar-refractivity contribution in [2.45, 2.75) is 13.1 Å². The molecule has 6 nitrogen and oxygen atoms in total. The van der Waals surface area contributed by atoms with E-state index in [9.17, 15) is 27.9 Å². The second-order valence-corrected chi connectivity index (χ2v) is 6.33. The van der Waals surface area contributed by atoms with Gasteiger partial charge in [0.1, 0.15) is 0 Å². The Kier molecular flexibility index (Phi) is 4.47. The third kappa shape index (κ3) is 3.42. The number of aromatic nitrogens is 2. The molecule has 0 unspecified atom stereocenters. The zero-order valence-electron chi connectivity index (χ0n) is 13.8. The first kappa shape index (κ1) is 18.0. The van der Waals surface area contributed by atoms with Crippen LogP contribution in [0.2, 0.25) is 0 Å². The molecule has 0 saturated carbocycles. The first-order valence-corrected chi connectivity index (χ1v) is 7.92. The molecule has 2 aromatic rings. The fourth-order valence-corrected chi connectivity index (χ4v) is 3.04. The number of carboxylic acid groups (broad SMARTS) is 1. The van der Waals surface area contributed by atoms with E-state index in [0.29, 0.717) is 12.2 Å². The maximum atomic E-state index is 12.7. The van der Waals surface area contributed by atoms with Crippen molar-refractivity contribution in [2.24, 2.45) is 11.8 Å². The van der Waals surface area contributed by atoms with Gasteiger partial charge in [0.05, 0.1) is 11.6 Å². The fourth-order valence-electron chi connectivity index (χ4n) is 3.04. The minimum Gasteiger partial charge on any atom is -0.481 e. The van der Waals surface area contributed by atoms with Crippen LogP contribution in [-0.4, -0.2) is 44.8 Å². The largest absolute Gasteiger partial charge is 0.481 e. The fraction of sp³-hybridized carbons (Fsp3) is 0.353. The topological polar surface area (TPSA) is 75.4 Å². The number of nitrogens with zero attached hydrogens (tertiary/aromatic N) is 3. The maximum absolute atomic E-state index is 12.7. The molecule has 2 heterocycles. The van der Waals surface area contributed by atoms with Gasteiger partial charge >= 0.3 is 12.1 Å². The van der Waals surface area contributed by atoms with Crippen molar-refractivity contribution in [3.63, 3.8) is 0 Å². The van der Waals surface area contributed by atoms with Crippen LogP contribution >= 0.6 is 0 Å². The quantitative estimate of drug-likeness (QED) is 0.905. The van der Waals surface area contributed by atoms with Gasteiger partial charge in [0.2, 0.25) is 0 Å². The van der Waals surface area contributed by atoms with Crippen molar-refractivity contribution >= 4 is 11.9 Å². The minimum absolute atomic E-state index is 0.111. The predicted molar refractivity (Wildman–Crippen MR) is 84.8 cm³/mol. The molecule has 1 aliphatic heterocycles. The molecule has 1 N–H and O–H groups in total. The number of rotatable bonds is 3. The van der Waals surface area contributed by atoms with E-state index < -0.39 is 23.8 Å². The third-order valence-corrected chi connectivity index (χ3v) is 4.45. The number of carbonyl (C=O) groups excluding carboxylic acids is 1. The highest BCUT2D eigenvalue weighted by atomic mass is 19.4. The van der Waals surface area contributed by atoms with Crippen LogP contribution < -0.4 is 0 Å². The van der Waals surface area contributed by atoms with E-state index in [4.69, 9.17) is 0 Å². The number of benzene rings is 1. The zero-order valence-corrected chi connectivity index (χ0v) is 13.8. The molecule has 3 rings (SSSR count). The van der Waals surface area contributed by atoms with Gasteiger partial charge in [0.15, 0.2) is 5.69 Å². The molecule has 2 atom stereocenters. The van der Waals surface area contributed by atoms with Gasteiger partial charge in [-0.3, -0.25) is 9.59 Å². The van der Waals surface area contributed by atoms with Gasteiger partial charge in [-0.05, 0) is 30.2 Å². The number of carbonyl (C=O) groups is 2. The number of aliphatic carboxylic acids is 1. The lowest BCUT2D eigenvalue weighted by Gasteiger charge is -2.16. The van der Waals surface area contributed by atoms with Gasteiger partial charge in [0, 0.05) is 24.8 Å². The molecule has 0 spiro atoms. The van der Waals surface area contributed by atoms with Crippen molar-refractivity contribution in [1.29, 1.82) is 0 Å². The minimum atomic E-state index is -4.55. The molecule has 1 fully saturated rings. The molecule has 1 amide bonds. The molecular weight excluding hydrogens is 351 g/mol. The average Bonchev–Trinajstić information content (AvgIpc) is 3.21. The van der Waals surface area contributed by atoms with Gasteiger partial charge in [-0.25, -0.2) is 4.68 Å². The summed E-state index contributed by atoms with van der Waals surface area (Å²) in [4.78, 5) is 25.3. The van der Waals surface area contributed by atoms with Crippen molar-refractivity contribution in [3.05, 3.63) is 47.8 Å². The highest BCUT2D eigenvalue weighted by Gasteiger charge is 2.37. The van der Waals surface area contributed by atoms with Crippen molar-refractivity contribution in [2.75, 3.05) is 13.1 Å². The summed E-state index contributed by atoms with van der Waals surface area (Å²) in [6.45, 7) is 2.20. The zero-order chi connectivity index (χ0) is 19.1. The number of amides is 1. The van der Waals surface area contributed by atoms with Crippen molar-refractivity contribution in [1.82, 2.24) is 14.7 Å². The Labute approximate surface area is 146 Å². The van der Waals surface area contributed by atoms with Crippen LogP contribution in [0.1, 0.15) is 23.0 Å². The van der Waals surface area contributed by atoms with Gasteiger partial charge < -0.3 is 10.0 Å². The normalized spacial score (nSPS) is 20.4. The Balaban J connectivity index is 1.82. The number of alkyl halides is 3. The van der Waals surface area contributed by atoms with Gasteiger partial charge in [-0.2, -0.15) is 18.3 Å². The average molecular weight is 367 g/mol. The molecular formula is C17H16F3N3O3. The number of halogens is 3. The SMILES string of the molecule is C[C@@H]1CN(C(=O)c2cccc(-n3ccc(C(F)(F)F)n3)c2)C[C@H]1C(=O)O. The summed E-state index contributed by atoms with van der Waals surface area (Å²) in [5, 5.41) is 12.7. The second-order valence-electron chi connectivity index (χ2n) is 6.33. The molecule has 26 heavy (non-hydrogen) atoms. The predicted octanol–water partition coefficient (Wildman–Crippen LogP) is 2.68. The first-order chi connectivity index (χ1) is 12.2. The van der Waals surface area contributed by atoms with E-state index in [1.165, 1.54) is 23.2 Å². The van der Waals surface area contributed by atoms with E-state index in [1.807, 2.05) is 0 Å². The highest BCUT2D eigenvalue weighted by Crippen LogP contribution is 2.28. The summed E-state index contributed by atoms with van der Waals surface area (Å²) in [6.07, 6.45) is -3.37. The number of carboxylic acids is 1. The van der Waals surface area contributed by atoms with Crippen molar-refractivity contribution < 1.29 is 27.9 Å². The summed E-state index contributed by atoms with van der Waals surface area (Å²) < 4.78 is 39.1. The lowest BCUT2D eigenvalue weighted by molar-refractivity contribution is -0.142. The van der Waals surface area contributed by atoms with Crippen LogP contribution in [0, 0.1) is 11.8 Å². The summed E-state index contributed by atoms with van der Waals surface area (Å²) in [7, 11) is 0. The van der Waals surface area contributed by atoms with Gasteiger partial charge in [-0.15, -0.1) is 0 Å². The van der Waals surface area contributed by atoms with Crippen LogP contribution in [0.3, 0.4) is 0 Å². The second kappa shape index (κ2) is 6.47. The van der Waals surface area contributed by atoms with Gasteiger partial charge in [-0.1, -0.05) is 13.0 Å². The number of hydrogen-bond acceptors (Lipinski definition) is 3. The Morgan fingerprint density at radius 1 is 1.23 bits per heavy atom. The maximum Gasteiger partial charge on any atom is 0.435 e. The molecule has 138 valence electrons. The first-order valence-electron chi connectivity index (χ1n) is 7.92. The van der Waals surface area contributed by atoms with E-state index in [-0.39, 0.29) is 23.9 Å². The molecule has 0 radical (unpaired) electrons. The standard InChI is InChI=1S/C17H16F3N3O3/c1-10-8-22(9-13(10)16(25)26)15(24)11-3-2-4-12(7-11)23-6-5-14(21-23)17(18,19)20/h2-7,10,13H,8-9H2,1H3,(H,25,26)/t10-,13-/m1/s1. The van der Waals surface area contributed by atoms with E-state index in [2.05, 4.69) is 5.10 Å². The van der Waals surface area contributed by atoms with E-state index in [1.54, 1.807) is 19.1 Å². The summed E-state index contributed by atoms with van der Waals surface area (Å²) in [5.41, 5.74) is -0.440. The Morgan fingerprint density at radius 2 is 1.96 bits per heavy atom. The molecule has 1 saturated heterocycles. The monoisotopic (exact) mass is 367 g/mol. The van der Waals surface area contributed by atoms with Crippen LogP contribution in [0.4, 0.5) is 13.2 Å². The van der Waals surface area contributed by atoms with Crippen LogP contribution in [-0.2, 0) is 11.0 Å². The number of hydrogen-bond donors (Lipinski definition) is 1. The lowest BCUT2D eigenvalue weighted by atomic mass is 9.99. The molecule has 1 aromatic heterocycles. The molecule has 0 bridgehead atoms. The van der Waals surface area contributed by atoms with E-state index >= 15 is 0 Å². The molecule has 0 aliphatic carbocycles. The Morgan fingerprint density at radius 3 is 2.54 bits per heavy atom. The third-order valence-electron chi connectivity index (χ3n) is 4.45. The lowest BCUT2D eigenvalue weighted by Crippen LogP contribution is -2.30. The molecule has 1 aliphatic rings. The van der Waals surface area contributed by atoms with Crippen LogP contribution in [0.5, 0.6) is 0 Å². The smallest absolute Gasteiger partial charge is 0.435 e. The Bertz CT molecular complexity index is 847. The summed E-state index contributed by atoms with van der Waals surface area (Å²) in [6, 6.07) is 6.92. The van der Waals surface area contributed by atoms with E-state index in [0.717, 1.165) is 10.7 Å². The van der Waals surface area contributed by atoms with Crippen LogP contribution in [0.15, 0.2) is 36.5 Å². The summed E-state index contributed by atoms with van der Waals surface area (Å²) in [5.74, 6) is -2.09. The molecule has 9 heteroatoms. The number of likely N-dealkylation sites (tertiary alicyclic amines) is 1. The van der Waals surface area contributed by atoms with Crippen molar-refractivity contribution in [3.8, 4) is 5.69 Å². The Hall–Kier alpha value is -2.84.